The summed E-state index contributed by atoms with van der Waals surface area (Å²) in [6, 6.07) is 0.914. The van der Waals surface area contributed by atoms with Gasteiger partial charge in [-0.2, -0.15) is 0 Å². The summed E-state index contributed by atoms with van der Waals surface area (Å²) in [6.07, 6.45) is 5.10. The molecule has 4 N–H and O–H groups in total. The van der Waals surface area contributed by atoms with Crippen LogP contribution in [0.5, 0.6) is 0 Å². The molecule has 0 spiro atoms. The van der Waals surface area contributed by atoms with E-state index in [-0.39, 0.29) is 6.04 Å². The number of piperidine rings is 1. The molecule has 0 aromatic rings. The first-order valence-electron chi connectivity index (χ1n) is 7.68. The Bertz CT molecular complexity index is 285. The molecular weight excluding hydrogens is 254 g/mol. The number of nitrogens with zero attached hydrogens (tertiary/aromatic N) is 2. The highest BCUT2D eigenvalue weighted by Gasteiger charge is 2.16. The third-order valence-corrected chi connectivity index (χ3v) is 3.75. The number of methoxy groups -OCH3 is 1. The average molecular weight is 285 g/mol. The first-order valence-corrected chi connectivity index (χ1v) is 7.68. The maximum atomic E-state index is 5.47. The van der Waals surface area contributed by atoms with Crippen LogP contribution in [-0.2, 0) is 4.74 Å². The smallest absolute Gasteiger partial charge is 0.206 e. The molecule has 1 saturated heterocycles. The van der Waals surface area contributed by atoms with Crippen LogP contribution in [0.4, 0.5) is 0 Å². The minimum Gasteiger partial charge on any atom is -0.383 e. The minimum absolute atomic E-state index is 0.192. The maximum Gasteiger partial charge on any atom is 0.206 e. The van der Waals surface area contributed by atoms with Gasteiger partial charge in [0, 0.05) is 32.3 Å². The topological polar surface area (TPSA) is 74.9 Å². The second-order valence-corrected chi connectivity index (χ2v) is 5.61. The van der Waals surface area contributed by atoms with Gasteiger partial charge in [-0.25, -0.2) is 5.84 Å². The third-order valence-electron chi connectivity index (χ3n) is 3.75. The lowest BCUT2D eigenvalue weighted by Gasteiger charge is -2.33. The predicted octanol–water partition coefficient (Wildman–Crippen LogP) is 0.695. The Kier molecular flexibility index (Phi) is 8.57. The molecule has 6 nitrogen and oxygen atoms in total. The summed E-state index contributed by atoms with van der Waals surface area (Å²) in [5, 5.41) is 3.19. The van der Waals surface area contributed by atoms with E-state index in [9.17, 15) is 0 Å². The second-order valence-electron chi connectivity index (χ2n) is 5.61. The van der Waals surface area contributed by atoms with Crippen LogP contribution in [0.3, 0.4) is 0 Å². The Labute approximate surface area is 123 Å². The van der Waals surface area contributed by atoms with Crippen LogP contribution in [0.2, 0.25) is 0 Å². The molecule has 0 amide bonds. The van der Waals surface area contributed by atoms with Gasteiger partial charge < -0.3 is 15.0 Å². The highest BCUT2D eigenvalue weighted by molar-refractivity contribution is 5.79. The number of hydrogen-bond acceptors (Lipinski definition) is 4. The van der Waals surface area contributed by atoms with Crippen molar-refractivity contribution in [3.8, 4) is 0 Å². The number of nitrogens with two attached hydrogens (primary N) is 1. The molecule has 118 valence electrons. The Balaban J connectivity index is 2.23. The monoisotopic (exact) mass is 285 g/mol. The van der Waals surface area contributed by atoms with Crippen LogP contribution in [0.15, 0.2) is 4.99 Å². The largest absolute Gasteiger partial charge is 0.383 e. The molecule has 2 unspecified atom stereocenters. The molecule has 1 heterocycles. The van der Waals surface area contributed by atoms with Gasteiger partial charge in [-0.1, -0.05) is 6.42 Å². The normalized spacial score (nSPS) is 22.6. The van der Waals surface area contributed by atoms with E-state index in [0.29, 0.717) is 12.6 Å². The number of hydrazine groups is 1. The second kappa shape index (κ2) is 9.96. The molecule has 0 radical (unpaired) electrons. The van der Waals surface area contributed by atoms with Crippen molar-refractivity contribution in [1.29, 1.82) is 0 Å². The average Bonchev–Trinajstić information content (AvgIpc) is 2.44. The van der Waals surface area contributed by atoms with Gasteiger partial charge >= 0.3 is 0 Å². The number of hydrogen-bond donors (Lipinski definition) is 3. The van der Waals surface area contributed by atoms with Crippen molar-refractivity contribution < 1.29 is 4.74 Å². The molecule has 1 aliphatic rings. The molecule has 1 aliphatic heterocycles. The summed E-state index contributed by atoms with van der Waals surface area (Å²) in [7, 11) is 1.69. The number of ether oxygens (including phenoxy) is 1. The summed E-state index contributed by atoms with van der Waals surface area (Å²) in [5.74, 6) is 6.11. The zero-order valence-electron chi connectivity index (χ0n) is 13.2. The lowest BCUT2D eigenvalue weighted by atomic mass is 10.0. The highest BCUT2D eigenvalue weighted by Crippen LogP contribution is 2.16. The van der Waals surface area contributed by atoms with Gasteiger partial charge in [-0.05, 0) is 39.7 Å². The molecule has 6 heteroatoms. The molecule has 2 atom stereocenters. The van der Waals surface area contributed by atoms with Crippen LogP contribution < -0.4 is 16.6 Å². The lowest BCUT2D eigenvalue weighted by molar-refractivity contribution is 0.160. The molecule has 0 saturated carbocycles. The van der Waals surface area contributed by atoms with Crippen LogP contribution in [0.25, 0.3) is 0 Å². The number of rotatable bonds is 7. The molecule has 0 aromatic heterocycles. The fraction of sp³-hybridized carbons (Fsp3) is 0.929. The number of nitrogens with one attached hydrogen (secondary N) is 2. The van der Waals surface area contributed by atoms with Gasteiger partial charge in [-0.3, -0.25) is 10.4 Å². The van der Waals surface area contributed by atoms with Crippen molar-refractivity contribution in [2.45, 2.75) is 51.6 Å². The number of guanidine groups is 1. The van der Waals surface area contributed by atoms with Crippen molar-refractivity contribution in [2.24, 2.45) is 10.8 Å². The highest BCUT2D eigenvalue weighted by atomic mass is 16.5. The van der Waals surface area contributed by atoms with Gasteiger partial charge in [0.2, 0.25) is 5.96 Å². The van der Waals surface area contributed by atoms with E-state index in [2.05, 4.69) is 27.6 Å². The first-order chi connectivity index (χ1) is 9.67. The van der Waals surface area contributed by atoms with E-state index >= 15 is 0 Å². The van der Waals surface area contributed by atoms with Gasteiger partial charge in [0.15, 0.2) is 0 Å². The molecule has 1 fully saturated rings. The fourth-order valence-electron chi connectivity index (χ4n) is 2.61. The van der Waals surface area contributed by atoms with E-state index in [4.69, 9.17) is 10.6 Å². The molecule has 20 heavy (non-hydrogen) atoms. The zero-order valence-corrected chi connectivity index (χ0v) is 13.2. The Morgan fingerprint density at radius 2 is 2.30 bits per heavy atom. The van der Waals surface area contributed by atoms with E-state index in [1.54, 1.807) is 7.11 Å². The van der Waals surface area contributed by atoms with Gasteiger partial charge in [-0.15, -0.1) is 0 Å². The Morgan fingerprint density at radius 3 is 2.95 bits per heavy atom. The summed E-state index contributed by atoms with van der Waals surface area (Å²) < 4.78 is 5.07. The van der Waals surface area contributed by atoms with Crippen molar-refractivity contribution in [1.82, 2.24) is 15.6 Å². The van der Waals surface area contributed by atoms with E-state index in [1.807, 2.05) is 6.92 Å². The van der Waals surface area contributed by atoms with Crippen LogP contribution in [0, 0.1) is 0 Å². The third kappa shape index (κ3) is 6.54. The Hall–Kier alpha value is -0.850. The van der Waals surface area contributed by atoms with Crippen molar-refractivity contribution in [3.05, 3.63) is 0 Å². The quantitative estimate of drug-likeness (QED) is 0.211. The van der Waals surface area contributed by atoms with Gasteiger partial charge in [0.05, 0.1) is 6.61 Å². The minimum atomic E-state index is 0.192. The van der Waals surface area contributed by atoms with Crippen molar-refractivity contribution in [3.63, 3.8) is 0 Å². The molecule has 1 rings (SSSR count). The molecule has 0 aromatic carbocycles. The molecular formula is C14H31N5O. The summed E-state index contributed by atoms with van der Waals surface area (Å²) in [4.78, 5) is 7.03. The van der Waals surface area contributed by atoms with Gasteiger partial charge in [0.1, 0.15) is 0 Å². The number of aliphatic imine (C=N–C) groups is 1. The van der Waals surface area contributed by atoms with Crippen LogP contribution >= 0.6 is 0 Å². The van der Waals surface area contributed by atoms with Crippen molar-refractivity contribution >= 4 is 5.96 Å². The fourth-order valence-corrected chi connectivity index (χ4v) is 2.61. The van der Waals surface area contributed by atoms with E-state index in [1.165, 1.54) is 25.8 Å². The lowest BCUT2D eigenvalue weighted by Crippen LogP contribution is -2.47. The van der Waals surface area contributed by atoms with E-state index < -0.39 is 0 Å². The molecule has 0 aliphatic carbocycles. The Morgan fingerprint density at radius 1 is 1.50 bits per heavy atom. The van der Waals surface area contributed by atoms with Gasteiger partial charge in [0.25, 0.3) is 0 Å². The van der Waals surface area contributed by atoms with E-state index in [0.717, 1.165) is 25.6 Å². The summed E-state index contributed by atoms with van der Waals surface area (Å²) in [5.41, 5.74) is 2.61. The zero-order chi connectivity index (χ0) is 14.8. The first kappa shape index (κ1) is 17.2. The molecule has 0 bridgehead atoms. The number of likely N-dealkylation sites (tertiary alicyclic amines) is 1. The van der Waals surface area contributed by atoms with Crippen molar-refractivity contribution in [2.75, 3.05) is 33.4 Å². The maximum absolute atomic E-state index is 5.47. The predicted molar refractivity (Wildman–Crippen MR) is 83.6 cm³/mol. The summed E-state index contributed by atoms with van der Waals surface area (Å²) >= 11 is 0. The standard InChI is InChI=1S/C14H31N5O/c1-12(11-20-3)17-14(18-15)16-8-6-10-19-9-5-4-7-13(19)2/h12-13H,4-11,15H2,1-3H3,(H2,16,17,18). The SMILES string of the molecule is COCC(C)NC(=NCCCN1CCCCC1C)NN. The van der Waals surface area contributed by atoms with Crippen LogP contribution in [-0.4, -0.2) is 56.3 Å². The van der Waals surface area contributed by atoms with Crippen LogP contribution in [0.1, 0.15) is 39.5 Å². The summed E-state index contributed by atoms with van der Waals surface area (Å²) in [6.45, 7) is 8.13.